The smallest absolute Gasteiger partial charge is 0.250 e. The molecule has 0 bridgehead atoms. The summed E-state index contributed by atoms with van der Waals surface area (Å²) in [5.74, 6) is -0.322. The molecular formula is C15H20ClF2N3O. The van der Waals surface area contributed by atoms with E-state index in [9.17, 15) is 13.6 Å². The van der Waals surface area contributed by atoms with Gasteiger partial charge in [-0.3, -0.25) is 9.69 Å². The molecular weight excluding hydrogens is 312 g/mol. The molecule has 1 fully saturated rings. The van der Waals surface area contributed by atoms with Crippen LogP contribution in [0.15, 0.2) is 18.2 Å². The fourth-order valence-electron chi connectivity index (χ4n) is 2.79. The Morgan fingerprint density at radius 3 is 2.91 bits per heavy atom. The summed E-state index contributed by atoms with van der Waals surface area (Å²) < 4.78 is 24.5. The number of halogens is 3. The third-order valence-electron chi connectivity index (χ3n) is 3.85. The third-order valence-corrected chi connectivity index (χ3v) is 4.08. The van der Waals surface area contributed by atoms with Crippen LogP contribution < -0.4 is 11.1 Å². The van der Waals surface area contributed by atoms with E-state index >= 15 is 0 Å². The van der Waals surface area contributed by atoms with Gasteiger partial charge in [0, 0.05) is 18.1 Å². The summed E-state index contributed by atoms with van der Waals surface area (Å²) in [4.78, 5) is 13.5. The molecule has 1 aromatic carbocycles. The molecule has 122 valence electrons. The number of alkyl halides is 2. The van der Waals surface area contributed by atoms with Gasteiger partial charge in [0.2, 0.25) is 5.91 Å². The average Bonchev–Trinajstić information content (AvgIpc) is 2.89. The molecule has 0 aromatic heterocycles. The van der Waals surface area contributed by atoms with E-state index in [0.29, 0.717) is 18.1 Å². The lowest BCUT2D eigenvalue weighted by molar-refractivity contribution is -0.122. The van der Waals surface area contributed by atoms with E-state index in [1.165, 1.54) is 0 Å². The minimum absolute atomic E-state index is 0.263. The van der Waals surface area contributed by atoms with Gasteiger partial charge in [-0.2, -0.15) is 0 Å². The molecule has 0 aliphatic carbocycles. The second-order valence-corrected chi connectivity index (χ2v) is 5.90. The van der Waals surface area contributed by atoms with Crippen molar-refractivity contribution in [2.24, 2.45) is 5.73 Å². The Kier molecular flexibility index (Phi) is 6.11. The molecule has 22 heavy (non-hydrogen) atoms. The Morgan fingerprint density at radius 2 is 2.23 bits per heavy atom. The summed E-state index contributed by atoms with van der Waals surface area (Å²) in [7, 11) is 0. The number of hydrogen-bond acceptors (Lipinski definition) is 3. The molecule has 1 amide bonds. The van der Waals surface area contributed by atoms with Crippen molar-refractivity contribution in [3.63, 3.8) is 0 Å². The number of carbonyl (C=O) groups excluding carboxylic acids is 1. The van der Waals surface area contributed by atoms with Crippen molar-refractivity contribution < 1.29 is 13.6 Å². The van der Waals surface area contributed by atoms with Gasteiger partial charge in [0.25, 0.3) is 6.43 Å². The molecule has 1 aromatic rings. The minimum atomic E-state index is -2.38. The highest BCUT2D eigenvalue weighted by molar-refractivity contribution is 6.30. The van der Waals surface area contributed by atoms with Gasteiger partial charge in [-0.15, -0.1) is 0 Å². The van der Waals surface area contributed by atoms with Crippen molar-refractivity contribution in [1.82, 2.24) is 10.2 Å². The molecule has 1 saturated heterocycles. The number of carbonyl (C=O) groups is 1. The number of nitrogens with two attached hydrogens (primary N) is 1. The normalized spacial score (nSPS) is 19.0. The molecule has 0 spiro atoms. The lowest BCUT2D eigenvalue weighted by Gasteiger charge is -2.23. The molecule has 0 unspecified atom stereocenters. The monoisotopic (exact) mass is 331 g/mol. The van der Waals surface area contributed by atoms with Crippen molar-refractivity contribution >= 4 is 17.5 Å². The van der Waals surface area contributed by atoms with Crippen molar-refractivity contribution in [1.29, 1.82) is 0 Å². The Hall–Kier alpha value is -1.24. The zero-order valence-electron chi connectivity index (χ0n) is 12.2. The van der Waals surface area contributed by atoms with E-state index in [1.54, 1.807) is 6.07 Å². The van der Waals surface area contributed by atoms with Gasteiger partial charge in [0.15, 0.2) is 0 Å². The summed E-state index contributed by atoms with van der Waals surface area (Å²) >= 11 is 6.04. The quantitative estimate of drug-likeness (QED) is 0.805. The molecule has 2 rings (SSSR count). The number of amides is 1. The average molecular weight is 332 g/mol. The lowest BCUT2D eigenvalue weighted by Crippen LogP contribution is -2.40. The standard InChI is InChI=1S/C15H20ClF2N3O/c16-12-4-3-10(7-20-8-14(17)18)11(6-12)9-21-5-1-2-13(21)15(19)22/h3-4,6,13-14,20H,1-2,5,7-9H2,(H2,19,22)/t13-/m0/s1. The van der Waals surface area contributed by atoms with Crippen molar-refractivity contribution in [2.45, 2.75) is 38.4 Å². The van der Waals surface area contributed by atoms with Gasteiger partial charge >= 0.3 is 0 Å². The Labute approximate surface area is 133 Å². The summed E-state index contributed by atoms with van der Waals surface area (Å²) in [5.41, 5.74) is 7.26. The molecule has 1 aliphatic heterocycles. The number of hydrogen-bond donors (Lipinski definition) is 2. The predicted molar refractivity (Wildman–Crippen MR) is 81.8 cm³/mol. The second kappa shape index (κ2) is 7.85. The van der Waals surface area contributed by atoms with Gasteiger partial charge in [-0.25, -0.2) is 8.78 Å². The topological polar surface area (TPSA) is 58.4 Å². The first kappa shape index (κ1) is 17.1. The molecule has 7 heteroatoms. The van der Waals surface area contributed by atoms with Crippen LogP contribution in [0.25, 0.3) is 0 Å². The lowest BCUT2D eigenvalue weighted by atomic mass is 10.1. The molecule has 4 nitrogen and oxygen atoms in total. The van der Waals surface area contributed by atoms with Crippen LogP contribution in [0, 0.1) is 0 Å². The van der Waals surface area contributed by atoms with E-state index in [4.69, 9.17) is 17.3 Å². The fraction of sp³-hybridized carbons (Fsp3) is 0.533. The summed E-state index contributed by atoms with van der Waals surface area (Å²) in [6, 6.07) is 5.11. The van der Waals surface area contributed by atoms with E-state index in [-0.39, 0.29) is 18.5 Å². The number of likely N-dealkylation sites (tertiary alicyclic amines) is 1. The first-order valence-corrected chi connectivity index (χ1v) is 7.64. The molecule has 1 aliphatic rings. The number of nitrogens with zero attached hydrogens (tertiary/aromatic N) is 1. The maximum absolute atomic E-state index is 12.2. The molecule has 1 heterocycles. The van der Waals surface area contributed by atoms with Gasteiger partial charge in [-0.1, -0.05) is 17.7 Å². The van der Waals surface area contributed by atoms with Crippen LogP contribution in [-0.4, -0.2) is 36.4 Å². The highest BCUT2D eigenvalue weighted by Gasteiger charge is 2.29. The van der Waals surface area contributed by atoms with E-state index in [2.05, 4.69) is 5.32 Å². The van der Waals surface area contributed by atoms with Crippen molar-refractivity contribution in [3.8, 4) is 0 Å². The Balaban J connectivity index is 2.08. The van der Waals surface area contributed by atoms with Gasteiger partial charge in [0.1, 0.15) is 0 Å². The van der Waals surface area contributed by atoms with Crippen LogP contribution in [0.1, 0.15) is 24.0 Å². The second-order valence-electron chi connectivity index (χ2n) is 5.47. The third kappa shape index (κ3) is 4.63. The highest BCUT2D eigenvalue weighted by atomic mass is 35.5. The molecule has 0 saturated carbocycles. The summed E-state index contributed by atoms with van der Waals surface area (Å²) in [6.07, 6.45) is -0.698. The van der Waals surface area contributed by atoms with Crippen LogP contribution in [0.5, 0.6) is 0 Å². The van der Waals surface area contributed by atoms with E-state index in [1.807, 2.05) is 17.0 Å². The number of benzene rings is 1. The maximum Gasteiger partial charge on any atom is 0.250 e. The first-order chi connectivity index (χ1) is 10.5. The Morgan fingerprint density at radius 1 is 1.45 bits per heavy atom. The van der Waals surface area contributed by atoms with Crippen molar-refractivity contribution in [2.75, 3.05) is 13.1 Å². The van der Waals surface area contributed by atoms with Crippen molar-refractivity contribution in [3.05, 3.63) is 34.3 Å². The van der Waals surface area contributed by atoms with Crippen LogP contribution in [0.3, 0.4) is 0 Å². The molecule has 3 N–H and O–H groups in total. The Bertz CT molecular complexity index is 528. The van der Waals surface area contributed by atoms with Crippen LogP contribution >= 0.6 is 11.6 Å². The number of rotatable bonds is 7. The van der Waals surface area contributed by atoms with Gasteiger partial charge in [0.05, 0.1) is 12.6 Å². The SMILES string of the molecule is NC(=O)[C@@H]1CCCN1Cc1cc(Cl)ccc1CNCC(F)F. The van der Waals surface area contributed by atoms with Gasteiger partial charge < -0.3 is 11.1 Å². The highest BCUT2D eigenvalue weighted by Crippen LogP contribution is 2.23. The zero-order chi connectivity index (χ0) is 16.1. The molecule has 1 atom stereocenters. The van der Waals surface area contributed by atoms with Crippen LogP contribution in [0.2, 0.25) is 5.02 Å². The first-order valence-electron chi connectivity index (χ1n) is 7.27. The number of primary amides is 1. The van der Waals surface area contributed by atoms with Gasteiger partial charge in [-0.05, 0) is 42.6 Å². The van der Waals surface area contributed by atoms with Crippen LogP contribution in [0.4, 0.5) is 8.78 Å². The molecule has 0 radical (unpaired) electrons. The summed E-state index contributed by atoms with van der Waals surface area (Å²) in [6.45, 7) is 1.32. The number of nitrogens with one attached hydrogen (secondary N) is 1. The minimum Gasteiger partial charge on any atom is -0.368 e. The zero-order valence-corrected chi connectivity index (χ0v) is 13.0. The fourth-order valence-corrected chi connectivity index (χ4v) is 2.98. The summed E-state index contributed by atoms with van der Waals surface area (Å²) in [5, 5.41) is 3.30. The van der Waals surface area contributed by atoms with E-state index in [0.717, 1.165) is 30.5 Å². The largest absolute Gasteiger partial charge is 0.368 e. The predicted octanol–water partition coefficient (Wildman–Crippen LogP) is 2.14. The maximum atomic E-state index is 12.2. The van der Waals surface area contributed by atoms with E-state index < -0.39 is 6.43 Å². The van der Waals surface area contributed by atoms with Crippen LogP contribution in [-0.2, 0) is 17.9 Å².